The molecule has 1 unspecified atom stereocenters. The van der Waals surface area contributed by atoms with E-state index in [0.717, 1.165) is 51.4 Å². The average molecular weight is 982 g/mol. The van der Waals surface area contributed by atoms with Crippen LogP contribution in [0.1, 0.15) is 329 Å². The van der Waals surface area contributed by atoms with Crippen LogP contribution in [0.15, 0.2) is 48.6 Å². The molecule has 0 heterocycles. The molecular weight excluding hydrogens is 861 g/mol. The molecule has 0 saturated carbocycles. The maximum Gasteiger partial charge on any atom is 0.306 e. The van der Waals surface area contributed by atoms with E-state index in [4.69, 9.17) is 14.2 Å². The lowest BCUT2D eigenvalue weighted by atomic mass is 10.0. The van der Waals surface area contributed by atoms with Crippen molar-refractivity contribution < 1.29 is 23.8 Å². The molecule has 0 fully saturated rings. The number of esters is 2. The molecule has 0 aromatic carbocycles. The van der Waals surface area contributed by atoms with E-state index in [0.29, 0.717) is 19.4 Å². The van der Waals surface area contributed by atoms with E-state index in [1.165, 1.54) is 244 Å². The number of carbonyl (C=O) groups excluding carboxylic acids is 2. The van der Waals surface area contributed by atoms with Crippen molar-refractivity contribution in [2.45, 2.75) is 335 Å². The first kappa shape index (κ1) is 67.9. The van der Waals surface area contributed by atoms with Crippen molar-refractivity contribution in [1.82, 2.24) is 0 Å². The van der Waals surface area contributed by atoms with Crippen molar-refractivity contribution in [3.05, 3.63) is 48.6 Å². The molecule has 0 amide bonds. The number of hydrogen-bond donors (Lipinski definition) is 0. The van der Waals surface area contributed by atoms with E-state index in [1.807, 2.05) is 0 Å². The number of carbonyl (C=O) groups is 2. The maximum atomic E-state index is 12.9. The largest absolute Gasteiger partial charge is 0.462 e. The first-order valence-electron chi connectivity index (χ1n) is 31.2. The summed E-state index contributed by atoms with van der Waals surface area (Å²) < 4.78 is 17.5. The van der Waals surface area contributed by atoms with Gasteiger partial charge in [0, 0.05) is 19.4 Å². The molecule has 0 aromatic heterocycles. The van der Waals surface area contributed by atoms with E-state index in [2.05, 4.69) is 69.4 Å². The van der Waals surface area contributed by atoms with Crippen LogP contribution in [0.5, 0.6) is 0 Å². The van der Waals surface area contributed by atoms with Crippen molar-refractivity contribution in [3.63, 3.8) is 0 Å². The lowest BCUT2D eigenvalue weighted by molar-refractivity contribution is -0.163. The zero-order chi connectivity index (χ0) is 50.6. The summed E-state index contributed by atoms with van der Waals surface area (Å²) in [7, 11) is 0. The van der Waals surface area contributed by atoms with Gasteiger partial charge in [0.15, 0.2) is 6.10 Å². The lowest BCUT2D eigenvalue weighted by Crippen LogP contribution is -2.30. The molecule has 70 heavy (non-hydrogen) atoms. The quantitative estimate of drug-likeness (QED) is 0.0345. The van der Waals surface area contributed by atoms with Crippen molar-refractivity contribution in [1.29, 1.82) is 0 Å². The molecule has 0 aliphatic rings. The molecule has 0 radical (unpaired) electrons. The predicted octanol–water partition coefficient (Wildman–Crippen LogP) is 21.5. The molecular formula is C65H120O5. The third-order valence-electron chi connectivity index (χ3n) is 13.8. The minimum absolute atomic E-state index is 0.0831. The van der Waals surface area contributed by atoms with Crippen LogP contribution in [0.2, 0.25) is 0 Å². The monoisotopic (exact) mass is 981 g/mol. The lowest BCUT2D eigenvalue weighted by Gasteiger charge is -2.18. The van der Waals surface area contributed by atoms with Crippen LogP contribution in [-0.2, 0) is 23.8 Å². The third kappa shape index (κ3) is 58.4. The van der Waals surface area contributed by atoms with Gasteiger partial charge in [-0.25, -0.2) is 0 Å². The first-order valence-corrected chi connectivity index (χ1v) is 31.2. The van der Waals surface area contributed by atoms with Crippen LogP contribution in [0.4, 0.5) is 0 Å². The van der Waals surface area contributed by atoms with Gasteiger partial charge in [-0.15, -0.1) is 0 Å². The Hall–Kier alpha value is -2.14. The molecule has 0 aliphatic carbocycles. The van der Waals surface area contributed by atoms with E-state index in [-0.39, 0.29) is 25.2 Å². The summed E-state index contributed by atoms with van der Waals surface area (Å²) >= 11 is 0. The Balaban J connectivity index is 4.27. The highest BCUT2D eigenvalue weighted by Gasteiger charge is 2.17. The van der Waals surface area contributed by atoms with E-state index in [1.54, 1.807) is 0 Å². The number of ether oxygens (including phenoxy) is 3. The molecule has 0 N–H and O–H groups in total. The van der Waals surface area contributed by atoms with Gasteiger partial charge in [-0.1, -0.05) is 281 Å². The Kier molecular flexibility index (Phi) is 59.3. The fourth-order valence-corrected chi connectivity index (χ4v) is 9.16. The molecule has 0 aliphatic heterocycles. The zero-order valence-electron chi connectivity index (χ0n) is 47.3. The average Bonchev–Trinajstić information content (AvgIpc) is 3.36. The van der Waals surface area contributed by atoms with Crippen LogP contribution in [0, 0.1) is 0 Å². The Morgan fingerprint density at radius 2 is 0.600 bits per heavy atom. The van der Waals surface area contributed by atoms with Gasteiger partial charge in [0.1, 0.15) is 6.61 Å². The summed E-state index contributed by atoms with van der Waals surface area (Å²) in [4.78, 5) is 25.6. The molecule has 0 saturated heterocycles. The Labute approximate surface area is 437 Å². The van der Waals surface area contributed by atoms with Crippen LogP contribution in [-0.4, -0.2) is 37.9 Å². The number of hydrogen-bond acceptors (Lipinski definition) is 5. The minimum Gasteiger partial charge on any atom is -0.462 e. The summed E-state index contributed by atoms with van der Waals surface area (Å²) in [5.74, 6) is -0.388. The van der Waals surface area contributed by atoms with Gasteiger partial charge < -0.3 is 14.2 Å². The zero-order valence-corrected chi connectivity index (χ0v) is 47.3. The van der Waals surface area contributed by atoms with Crippen LogP contribution in [0.3, 0.4) is 0 Å². The third-order valence-corrected chi connectivity index (χ3v) is 13.8. The van der Waals surface area contributed by atoms with Crippen molar-refractivity contribution >= 4 is 11.9 Å². The van der Waals surface area contributed by atoms with Gasteiger partial charge in [-0.05, 0) is 83.5 Å². The second-order valence-corrected chi connectivity index (χ2v) is 21.0. The smallest absolute Gasteiger partial charge is 0.306 e. The standard InChI is InChI=1S/C65H120O5/c1-4-7-10-13-16-19-22-25-28-31-32-33-36-39-42-45-48-51-54-57-60-68-61-63(70-65(67)59-56-53-50-47-44-41-38-35-30-27-24-21-18-15-12-9-6-3)62-69-64(66)58-55-52-49-46-43-40-37-34-29-26-23-20-17-14-11-8-5-2/h16,19,25-26,28-29,32-33,63H,4-15,17-18,20-24,27,30-31,34-62H2,1-3H3/b19-16-,28-25-,29-26-,33-32-. The normalized spacial score (nSPS) is 12.4. The molecule has 410 valence electrons. The van der Waals surface area contributed by atoms with Gasteiger partial charge in [-0.3, -0.25) is 9.59 Å². The summed E-state index contributed by atoms with van der Waals surface area (Å²) in [6.07, 6.45) is 77.1. The number of allylic oxidation sites excluding steroid dienone is 8. The maximum absolute atomic E-state index is 12.9. The predicted molar refractivity (Wildman–Crippen MR) is 307 cm³/mol. The van der Waals surface area contributed by atoms with Gasteiger partial charge in [-0.2, -0.15) is 0 Å². The van der Waals surface area contributed by atoms with Gasteiger partial charge in [0.25, 0.3) is 0 Å². The molecule has 0 rings (SSSR count). The SMILES string of the molecule is CCCCC/C=C\C/C=C\C/C=C\CCCCCCCCCOCC(COC(=O)CCCCCCCCC/C=C\CCCCCCCC)OC(=O)CCCCCCCCCCCCCCCCCCC. The van der Waals surface area contributed by atoms with Gasteiger partial charge in [0.2, 0.25) is 0 Å². The molecule has 5 nitrogen and oxygen atoms in total. The summed E-state index contributed by atoms with van der Waals surface area (Å²) in [6.45, 7) is 7.83. The molecule has 1 atom stereocenters. The van der Waals surface area contributed by atoms with Crippen molar-refractivity contribution in [2.75, 3.05) is 19.8 Å². The highest BCUT2D eigenvalue weighted by atomic mass is 16.6. The van der Waals surface area contributed by atoms with Gasteiger partial charge in [0.05, 0.1) is 6.61 Å². The summed E-state index contributed by atoms with van der Waals surface area (Å²) in [5, 5.41) is 0. The van der Waals surface area contributed by atoms with Gasteiger partial charge >= 0.3 is 11.9 Å². The molecule has 5 heteroatoms. The van der Waals surface area contributed by atoms with E-state index in [9.17, 15) is 9.59 Å². The Morgan fingerprint density at radius 1 is 0.314 bits per heavy atom. The minimum atomic E-state index is -0.542. The number of rotatable bonds is 58. The summed E-state index contributed by atoms with van der Waals surface area (Å²) in [5.41, 5.74) is 0. The highest BCUT2D eigenvalue weighted by Crippen LogP contribution is 2.17. The molecule has 0 aromatic rings. The Morgan fingerprint density at radius 3 is 1.00 bits per heavy atom. The van der Waals surface area contributed by atoms with Crippen molar-refractivity contribution in [2.24, 2.45) is 0 Å². The van der Waals surface area contributed by atoms with E-state index < -0.39 is 6.10 Å². The molecule has 0 spiro atoms. The second-order valence-electron chi connectivity index (χ2n) is 21.0. The fraction of sp³-hybridized carbons (Fsp3) is 0.846. The van der Waals surface area contributed by atoms with Crippen LogP contribution < -0.4 is 0 Å². The fourth-order valence-electron chi connectivity index (χ4n) is 9.16. The van der Waals surface area contributed by atoms with E-state index >= 15 is 0 Å². The Bertz CT molecular complexity index is 1150. The van der Waals surface area contributed by atoms with Crippen LogP contribution in [0.25, 0.3) is 0 Å². The number of unbranched alkanes of at least 4 members (excludes halogenated alkanes) is 39. The summed E-state index contributed by atoms with van der Waals surface area (Å²) in [6, 6.07) is 0. The molecule has 0 bridgehead atoms. The van der Waals surface area contributed by atoms with Crippen LogP contribution >= 0.6 is 0 Å². The first-order chi connectivity index (χ1) is 34.6. The second kappa shape index (κ2) is 61.2. The highest BCUT2D eigenvalue weighted by molar-refractivity contribution is 5.70. The van der Waals surface area contributed by atoms with Crippen molar-refractivity contribution in [3.8, 4) is 0 Å². The topological polar surface area (TPSA) is 61.8 Å².